The van der Waals surface area contributed by atoms with Gasteiger partial charge in [-0.2, -0.15) is 0 Å². The monoisotopic (exact) mass is 305 g/mol. The van der Waals surface area contributed by atoms with Crippen molar-refractivity contribution in [2.45, 2.75) is 69.9 Å². The van der Waals surface area contributed by atoms with Gasteiger partial charge in [-0.3, -0.25) is 9.69 Å². The quantitative estimate of drug-likeness (QED) is 0.700. The van der Waals surface area contributed by atoms with Crippen molar-refractivity contribution >= 4 is 18.4 Å². The van der Waals surface area contributed by atoms with Crippen LogP contribution in [0.15, 0.2) is 0 Å². The Labute approximate surface area is 128 Å². The fraction of sp³-hybridized carbons (Fsp3) is 0.933. The van der Waals surface area contributed by atoms with E-state index in [1.54, 1.807) is 0 Å². The van der Waals surface area contributed by atoms with Crippen molar-refractivity contribution in [3.63, 3.8) is 0 Å². The van der Waals surface area contributed by atoms with E-state index in [0.717, 1.165) is 32.5 Å². The average molecular weight is 306 g/mol. The minimum Gasteiger partial charge on any atom is -0.481 e. The summed E-state index contributed by atoms with van der Waals surface area (Å²) < 4.78 is 5.75. The molecular formula is C15H28ClNO3. The number of carboxylic acid groups (broad SMARTS) is 1. The van der Waals surface area contributed by atoms with Gasteiger partial charge in [0, 0.05) is 25.6 Å². The van der Waals surface area contributed by atoms with E-state index in [0.29, 0.717) is 18.6 Å². The molecule has 1 N–H and O–H groups in total. The van der Waals surface area contributed by atoms with Gasteiger partial charge in [-0.15, -0.1) is 12.4 Å². The molecule has 0 amide bonds. The summed E-state index contributed by atoms with van der Waals surface area (Å²) in [6, 6.07) is 0.717. The van der Waals surface area contributed by atoms with E-state index in [9.17, 15) is 4.79 Å². The number of aliphatic carboxylic acids is 1. The number of carboxylic acids is 1. The lowest BCUT2D eigenvalue weighted by Crippen LogP contribution is -2.39. The van der Waals surface area contributed by atoms with Crippen molar-refractivity contribution in [3.05, 3.63) is 0 Å². The lowest BCUT2D eigenvalue weighted by molar-refractivity contribution is -0.137. The summed E-state index contributed by atoms with van der Waals surface area (Å²) in [5, 5.41) is 8.69. The van der Waals surface area contributed by atoms with Crippen LogP contribution in [0.3, 0.4) is 0 Å². The van der Waals surface area contributed by atoms with Crippen LogP contribution in [0, 0.1) is 0 Å². The van der Waals surface area contributed by atoms with Crippen molar-refractivity contribution in [3.8, 4) is 0 Å². The minimum atomic E-state index is -0.674. The van der Waals surface area contributed by atoms with Gasteiger partial charge in [0.05, 0.1) is 6.10 Å². The topological polar surface area (TPSA) is 49.8 Å². The molecule has 5 heteroatoms. The number of carbonyl (C=O) groups is 1. The largest absolute Gasteiger partial charge is 0.481 e. The second-order valence-corrected chi connectivity index (χ2v) is 5.92. The lowest BCUT2D eigenvalue weighted by atomic mass is 10.1. The standard InChI is InChI=1S/C15H27NO3.ClH/c17-15(18)9-3-4-10-16(13-6-1-2-7-13)12-14-8-5-11-19-14;/h13-14H,1-12H2,(H,17,18);1H. The Morgan fingerprint density at radius 3 is 2.50 bits per heavy atom. The van der Waals surface area contributed by atoms with Crippen LogP contribution in [0.1, 0.15) is 57.8 Å². The molecule has 20 heavy (non-hydrogen) atoms. The number of unbranched alkanes of at least 4 members (excludes halogenated alkanes) is 1. The molecule has 1 saturated heterocycles. The highest BCUT2D eigenvalue weighted by atomic mass is 35.5. The molecule has 0 aromatic heterocycles. The van der Waals surface area contributed by atoms with Gasteiger partial charge in [0.25, 0.3) is 0 Å². The predicted octanol–water partition coefficient (Wildman–Crippen LogP) is 3.09. The summed E-state index contributed by atoms with van der Waals surface area (Å²) in [5.74, 6) is -0.674. The molecule has 1 unspecified atom stereocenters. The first-order valence-electron chi connectivity index (χ1n) is 7.83. The molecule has 1 heterocycles. The second-order valence-electron chi connectivity index (χ2n) is 5.92. The van der Waals surface area contributed by atoms with Crippen molar-refractivity contribution in [1.29, 1.82) is 0 Å². The van der Waals surface area contributed by atoms with E-state index < -0.39 is 5.97 Å². The summed E-state index contributed by atoms with van der Waals surface area (Å²) in [7, 11) is 0. The van der Waals surface area contributed by atoms with E-state index in [-0.39, 0.29) is 12.4 Å². The van der Waals surface area contributed by atoms with Crippen LogP contribution in [-0.2, 0) is 9.53 Å². The van der Waals surface area contributed by atoms with E-state index in [4.69, 9.17) is 9.84 Å². The first-order valence-corrected chi connectivity index (χ1v) is 7.83. The van der Waals surface area contributed by atoms with Crippen LogP contribution in [0.5, 0.6) is 0 Å². The number of hydrogen-bond acceptors (Lipinski definition) is 3. The zero-order chi connectivity index (χ0) is 13.5. The van der Waals surface area contributed by atoms with Gasteiger partial charge in [-0.05, 0) is 45.1 Å². The maximum absolute atomic E-state index is 10.5. The zero-order valence-electron chi connectivity index (χ0n) is 12.3. The van der Waals surface area contributed by atoms with Gasteiger partial charge >= 0.3 is 5.97 Å². The van der Waals surface area contributed by atoms with Crippen LogP contribution in [-0.4, -0.2) is 47.8 Å². The maximum atomic E-state index is 10.5. The van der Waals surface area contributed by atoms with Crippen molar-refractivity contribution < 1.29 is 14.6 Å². The van der Waals surface area contributed by atoms with Crippen molar-refractivity contribution in [2.24, 2.45) is 0 Å². The summed E-state index contributed by atoms with van der Waals surface area (Å²) in [4.78, 5) is 13.1. The Morgan fingerprint density at radius 2 is 1.90 bits per heavy atom. The van der Waals surface area contributed by atoms with Crippen LogP contribution < -0.4 is 0 Å². The fourth-order valence-corrected chi connectivity index (χ4v) is 3.33. The van der Waals surface area contributed by atoms with E-state index in [1.807, 2.05) is 0 Å². The van der Waals surface area contributed by atoms with Crippen molar-refractivity contribution in [2.75, 3.05) is 19.7 Å². The molecule has 0 aromatic carbocycles. The number of rotatable bonds is 8. The second kappa shape index (κ2) is 9.59. The number of nitrogens with zero attached hydrogens (tertiary/aromatic N) is 1. The summed E-state index contributed by atoms with van der Waals surface area (Å²) >= 11 is 0. The Balaban J connectivity index is 0.00000200. The Morgan fingerprint density at radius 1 is 1.15 bits per heavy atom. The van der Waals surface area contributed by atoms with Gasteiger partial charge in [0.1, 0.15) is 0 Å². The molecule has 0 bridgehead atoms. The number of ether oxygens (including phenoxy) is 1. The Bertz CT molecular complexity index is 276. The molecule has 4 nitrogen and oxygen atoms in total. The SMILES string of the molecule is Cl.O=C(O)CCCCN(CC1CCCO1)C1CCCC1. The van der Waals surface area contributed by atoms with Crippen LogP contribution in [0.25, 0.3) is 0 Å². The number of hydrogen-bond donors (Lipinski definition) is 1. The third kappa shape index (κ3) is 5.98. The first kappa shape index (κ1) is 17.7. The minimum absolute atomic E-state index is 0. The smallest absolute Gasteiger partial charge is 0.303 e. The third-order valence-corrected chi connectivity index (χ3v) is 4.39. The molecule has 2 fully saturated rings. The lowest BCUT2D eigenvalue weighted by Gasteiger charge is -2.30. The molecule has 1 aliphatic heterocycles. The first-order chi connectivity index (χ1) is 9.25. The predicted molar refractivity (Wildman–Crippen MR) is 81.5 cm³/mol. The van der Waals surface area contributed by atoms with E-state index >= 15 is 0 Å². The van der Waals surface area contributed by atoms with Crippen LogP contribution in [0.4, 0.5) is 0 Å². The van der Waals surface area contributed by atoms with Crippen molar-refractivity contribution in [1.82, 2.24) is 4.90 Å². The molecule has 1 atom stereocenters. The van der Waals surface area contributed by atoms with Crippen LogP contribution >= 0.6 is 12.4 Å². The molecule has 0 aromatic rings. The summed E-state index contributed by atoms with van der Waals surface area (Å²) in [5.41, 5.74) is 0. The average Bonchev–Trinajstić information content (AvgIpc) is 3.05. The normalized spacial score (nSPS) is 23.1. The van der Waals surface area contributed by atoms with Gasteiger partial charge in [0.2, 0.25) is 0 Å². The Kier molecular flexibility index (Phi) is 8.50. The molecular weight excluding hydrogens is 278 g/mol. The van der Waals surface area contributed by atoms with Gasteiger partial charge in [-0.1, -0.05) is 12.8 Å². The van der Waals surface area contributed by atoms with Gasteiger partial charge < -0.3 is 9.84 Å². The molecule has 1 saturated carbocycles. The van der Waals surface area contributed by atoms with E-state index in [1.165, 1.54) is 38.5 Å². The highest BCUT2D eigenvalue weighted by Gasteiger charge is 2.26. The molecule has 118 valence electrons. The molecule has 0 spiro atoms. The Hall–Kier alpha value is -0.320. The van der Waals surface area contributed by atoms with Crippen LogP contribution in [0.2, 0.25) is 0 Å². The maximum Gasteiger partial charge on any atom is 0.303 e. The van der Waals surface area contributed by atoms with Gasteiger partial charge in [0.15, 0.2) is 0 Å². The fourth-order valence-electron chi connectivity index (χ4n) is 3.33. The third-order valence-electron chi connectivity index (χ3n) is 4.39. The highest BCUT2D eigenvalue weighted by molar-refractivity contribution is 5.85. The van der Waals surface area contributed by atoms with E-state index in [2.05, 4.69) is 4.90 Å². The van der Waals surface area contributed by atoms with Gasteiger partial charge in [-0.25, -0.2) is 0 Å². The molecule has 2 rings (SSSR count). The molecule has 1 aliphatic carbocycles. The molecule has 2 aliphatic rings. The summed E-state index contributed by atoms with van der Waals surface area (Å²) in [6.45, 7) is 3.01. The summed E-state index contributed by atoms with van der Waals surface area (Å²) in [6.07, 6.45) is 10.2. The molecule has 0 radical (unpaired) electrons. The highest BCUT2D eigenvalue weighted by Crippen LogP contribution is 2.25. The number of halogens is 1. The zero-order valence-corrected chi connectivity index (χ0v) is 13.1.